The van der Waals surface area contributed by atoms with Crippen LogP contribution in [0.5, 0.6) is 0 Å². The molecule has 146 valence electrons. The minimum Gasteiger partial charge on any atom is -0.481 e. The number of allylic oxidation sites excluding steroid dienone is 2. The van der Waals surface area contributed by atoms with Crippen LogP contribution in [-0.2, 0) is 14.6 Å². The Morgan fingerprint density at radius 1 is 1.32 bits per heavy atom. The average molecular weight is 355 g/mol. The average Bonchev–Trinajstić information content (AvgIpc) is 2.59. The number of carboxylic acids is 1. The number of hydrogen-bond donors (Lipinski definition) is 1. The lowest BCUT2D eigenvalue weighted by Crippen LogP contribution is -2.46. The minimum atomic E-state index is -0.821. The molecule has 1 fully saturated rings. The van der Waals surface area contributed by atoms with Crippen LogP contribution in [0.2, 0.25) is 0 Å². The molecule has 1 rings (SSSR count). The predicted molar refractivity (Wildman–Crippen MR) is 101 cm³/mol. The molecule has 0 spiro atoms. The molecule has 0 aliphatic carbocycles. The smallest absolute Gasteiger partial charge is 0.306 e. The van der Waals surface area contributed by atoms with E-state index in [0.717, 1.165) is 44.9 Å². The van der Waals surface area contributed by atoms with E-state index in [-0.39, 0.29) is 24.0 Å². The van der Waals surface area contributed by atoms with Gasteiger partial charge in [0.2, 0.25) is 0 Å². The first-order chi connectivity index (χ1) is 11.9. The van der Waals surface area contributed by atoms with Gasteiger partial charge in [-0.3, -0.25) is 4.79 Å². The second-order valence-corrected chi connectivity index (χ2v) is 7.77. The van der Waals surface area contributed by atoms with Gasteiger partial charge >= 0.3 is 5.97 Å². The Balaban J connectivity index is 2.70. The minimum absolute atomic E-state index is 0.0214. The van der Waals surface area contributed by atoms with Crippen molar-refractivity contribution in [2.75, 3.05) is 0 Å². The predicted octanol–water partition coefficient (Wildman–Crippen LogP) is 5.77. The fourth-order valence-electron chi connectivity index (χ4n) is 4.08. The lowest BCUT2D eigenvalue weighted by molar-refractivity contribution is -0.424. The maximum absolute atomic E-state index is 11.0. The molecule has 5 atom stereocenters. The van der Waals surface area contributed by atoms with Gasteiger partial charge in [0, 0.05) is 0 Å². The molecule has 0 bridgehead atoms. The van der Waals surface area contributed by atoms with Gasteiger partial charge in [0.25, 0.3) is 0 Å². The normalized spacial score (nSPS) is 29.6. The first-order valence-corrected chi connectivity index (χ1v) is 10.1. The monoisotopic (exact) mass is 354 g/mol. The van der Waals surface area contributed by atoms with Crippen LogP contribution in [0.25, 0.3) is 0 Å². The largest absolute Gasteiger partial charge is 0.481 e. The zero-order chi connectivity index (χ0) is 18.9. The highest BCUT2D eigenvalue weighted by Gasteiger charge is 2.43. The zero-order valence-corrected chi connectivity index (χ0v) is 16.8. The van der Waals surface area contributed by atoms with Crippen molar-refractivity contribution in [3.8, 4) is 0 Å². The lowest BCUT2D eigenvalue weighted by atomic mass is 9.76. The summed E-state index contributed by atoms with van der Waals surface area (Å²) >= 11 is 0. The Labute approximate surface area is 153 Å². The van der Waals surface area contributed by atoms with Crippen LogP contribution in [0.4, 0.5) is 0 Å². The first-order valence-electron chi connectivity index (χ1n) is 10.1. The summed E-state index contributed by atoms with van der Waals surface area (Å²) in [5.74, 6) is 0.593. The third-order valence-corrected chi connectivity index (χ3v) is 5.65. The maximum Gasteiger partial charge on any atom is 0.306 e. The number of rotatable bonds is 11. The molecule has 4 heteroatoms. The maximum atomic E-state index is 11.0. The molecular formula is C21H38O4. The van der Waals surface area contributed by atoms with Gasteiger partial charge in [-0.15, -0.1) is 0 Å². The number of aliphatic carboxylic acids is 1. The highest BCUT2D eigenvalue weighted by atomic mass is 17.2. The van der Waals surface area contributed by atoms with Crippen LogP contribution >= 0.6 is 0 Å². The Kier molecular flexibility index (Phi) is 9.73. The molecule has 25 heavy (non-hydrogen) atoms. The standard InChI is InChI=1S/C21H38O4/c1-6-10-11-17(7-2)12-16(5)14-21(9-4)15-18(8-3)19(24-25-21)13-20(22)23/h10-11,16-19H,6-9,12-15H2,1-5H3,(H,22,23)/t16?,17?,18-,19-,21?/m0/s1. The second kappa shape index (κ2) is 11.0. The molecule has 3 unspecified atom stereocenters. The van der Waals surface area contributed by atoms with Crippen LogP contribution in [-0.4, -0.2) is 22.8 Å². The third-order valence-electron chi connectivity index (χ3n) is 5.65. The van der Waals surface area contributed by atoms with Gasteiger partial charge in [0.1, 0.15) is 11.7 Å². The molecule has 1 heterocycles. The molecule has 1 aliphatic rings. The third kappa shape index (κ3) is 7.10. The quantitative estimate of drug-likeness (QED) is 0.378. The highest BCUT2D eigenvalue weighted by molar-refractivity contribution is 5.67. The van der Waals surface area contributed by atoms with Gasteiger partial charge in [-0.05, 0) is 56.3 Å². The molecule has 0 saturated carbocycles. The van der Waals surface area contributed by atoms with Crippen molar-refractivity contribution in [2.45, 2.75) is 97.7 Å². The Morgan fingerprint density at radius 3 is 2.56 bits per heavy atom. The van der Waals surface area contributed by atoms with Gasteiger partial charge in [-0.2, -0.15) is 0 Å². The molecule has 1 saturated heterocycles. The van der Waals surface area contributed by atoms with Crippen LogP contribution in [0, 0.1) is 17.8 Å². The summed E-state index contributed by atoms with van der Waals surface area (Å²) in [6.07, 6.45) is 11.4. The van der Waals surface area contributed by atoms with Gasteiger partial charge in [0.05, 0.1) is 6.42 Å². The molecule has 4 nitrogen and oxygen atoms in total. The fourth-order valence-corrected chi connectivity index (χ4v) is 4.08. The van der Waals surface area contributed by atoms with E-state index in [4.69, 9.17) is 14.9 Å². The Bertz CT molecular complexity index is 420. The van der Waals surface area contributed by atoms with E-state index in [9.17, 15) is 4.79 Å². The van der Waals surface area contributed by atoms with Crippen molar-refractivity contribution in [2.24, 2.45) is 17.8 Å². The Morgan fingerprint density at radius 2 is 2.04 bits per heavy atom. The summed E-state index contributed by atoms with van der Waals surface area (Å²) in [7, 11) is 0. The van der Waals surface area contributed by atoms with Crippen molar-refractivity contribution in [1.82, 2.24) is 0 Å². The van der Waals surface area contributed by atoms with E-state index >= 15 is 0 Å². The van der Waals surface area contributed by atoms with Crippen LogP contribution in [0.3, 0.4) is 0 Å². The fraction of sp³-hybridized carbons (Fsp3) is 0.857. The SMILES string of the molecule is CCC=CC(CC)CC(C)CC1(CC)C[C@H](CC)[C@H](CC(=O)O)OO1. The molecule has 0 aromatic carbocycles. The molecule has 0 aromatic rings. The van der Waals surface area contributed by atoms with Gasteiger partial charge in [-0.1, -0.05) is 53.2 Å². The topological polar surface area (TPSA) is 55.8 Å². The molecule has 0 amide bonds. The van der Waals surface area contributed by atoms with Gasteiger partial charge in [0.15, 0.2) is 0 Å². The summed E-state index contributed by atoms with van der Waals surface area (Å²) in [6.45, 7) is 11.0. The van der Waals surface area contributed by atoms with Crippen LogP contribution < -0.4 is 0 Å². The van der Waals surface area contributed by atoms with E-state index in [0.29, 0.717) is 11.8 Å². The van der Waals surface area contributed by atoms with E-state index < -0.39 is 5.97 Å². The lowest BCUT2D eigenvalue weighted by Gasteiger charge is -2.43. The summed E-state index contributed by atoms with van der Waals surface area (Å²) in [5.41, 5.74) is -0.276. The van der Waals surface area contributed by atoms with Crippen molar-refractivity contribution in [1.29, 1.82) is 0 Å². The van der Waals surface area contributed by atoms with E-state index in [1.165, 1.54) is 0 Å². The highest BCUT2D eigenvalue weighted by Crippen LogP contribution is 2.41. The van der Waals surface area contributed by atoms with E-state index in [2.05, 4.69) is 46.8 Å². The summed E-state index contributed by atoms with van der Waals surface area (Å²) in [6, 6.07) is 0. The van der Waals surface area contributed by atoms with Crippen LogP contribution in [0.1, 0.15) is 86.0 Å². The zero-order valence-electron chi connectivity index (χ0n) is 16.8. The second-order valence-electron chi connectivity index (χ2n) is 7.77. The van der Waals surface area contributed by atoms with Crippen molar-refractivity contribution < 1.29 is 19.7 Å². The summed E-state index contributed by atoms with van der Waals surface area (Å²) in [5, 5.41) is 9.07. The first kappa shape index (κ1) is 22.2. The molecule has 0 aromatic heterocycles. The molecule has 1 N–H and O–H groups in total. The summed E-state index contributed by atoms with van der Waals surface area (Å²) < 4.78 is 0. The molecule has 1 aliphatic heterocycles. The number of carbonyl (C=O) groups is 1. The van der Waals surface area contributed by atoms with Crippen molar-refractivity contribution >= 4 is 5.97 Å². The molecule has 0 radical (unpaired) electrons. The number of hydrogen-bond acceptors (Lipinski definition) is 3. The van der Waals surface area contributed by atoms with Gasteiger partial charge < -0.3 is 5.11 Å². The van der Waals surface area contributed by atoms with Crippen molar-refractivity contribution in [3.05, 3.63) is 12.2 Å². The van der Waals surface area contributed by atoms with Gasteiger partial charge in [-0.25, -0.2) is 9.78 Å². The number of carboxylic acid groups (broad SMARTS) is 1. The molecular weight excluding hydrogens is 316 g/mol. The van der Waals surface area contributed by atoms with E-state index in [1.54, 1.807) is 0 Å². The Hall–Kier alpha value is -0.870. The van der Waals surface area contributed by atoms with Crippen molar-refractivity contribution in [3.63, 3.8) is 0 Å². The van der Waals surface area contributed by atoms with Crippen LogP contribution in [0.15, 0.2) is 12.2 Å². The van der Waals surface area contributed by atoms with E-state index in [1.807, 2.05) is 0 Å². The summed E-state index contributed by atoms with van der Waals surface area (Å²) in [4.78, 5) is 22.5.